The Morgan fingerprint density at radius 3 is 2.62 bits per heavy atom. The standard InChI is InChI=1S/C26H26F2N4O2/c1-16-13-31(15-29-16)23-7-6-19(11-25(23)33-3)18-5-4-8-32-24(14-34-30-26(32)12-18)20-9-21(27)17(2)22(28)10-20/h6-7,9-13,15,24H,4-5,8,14H2,1-3H3. The summed E-state index contributed by atoms with van der Waals surface area (Å²) in [5.41, 5.74) is 4.53. The van der Waals surface area contributed by atoms with Gasteiger partial charge in [0.25, 0.3) is 0 Å². The third kappa shape index (κ3) is 4.04. The minimum atomic E-state index is -0.551. The van der Waals surface area contributed by atoms with Crippen LogP contribution in [0.1, 0.15) is 41.3 Å². The number of aromatic nitrogens is 2. The van der Waals surface area contributed by atoms with Crippen LogP contribution in [0.5, 0.6) is 5.75 Å². The number of aryl methyl sites for hydroxylation is 1. The maximum Gasteiger partial charge on any atom is 0.169 e. The van der Waals surface area contributed by atoms with Crippen LogP contribution in [0.25, 0.3) is 11.3 Å². The Balaban J connectivity index is 1.47. The Morgan fingerprint density at radius 2 is 1.91 bits per heavy atom. The molecule has 5 rings (SSSR count). The second kappa shape index (κ2) is 8.93. The Morgan fingerprint density at radius 1 is 1.12 bits per heavy atom. The summed E-state index contributed by atoms with van der Waals surface area (Å²) in [5.74, 6) is 0.288. The highest BCUT2D eigenvalue weighted by molar-refractivity contribution is 6.00. The molecule has 2 aromatic carbocycles. The molecule has 6 nitrogen and oxygen atoms in total. The molecule has 0 fully saturated rings. The van der Waals surface area contributed by atoms with Gasteiger partial charge in [-0.1, -0.05) is 11.2 Å². The zero-order chi connectivity index (χ0) is 23.8. The Bertz CT molecular complexity index is 1270. The molecular formula is C26H26F2N4O2. The fourth-order valence-electron chi connectivity index (χ4n) is 4.53. The Kier molecular flexibility index (Phi) is 5.81. The molecule has 0 radical (unpaired) electrons. The van der Waals surface area contributed by atoms with Crippen LogP contribution in [0.2, 0.25) is 0 Å². The Hall–Kier alpha value is -3.68. The highest BCUT2D eigenvalue weighted by Crippen LogP contribution is 2.34. The minimum Gasteiger partial charge on any atom is -0.495 e. The molecule has 1 unspecified atom stereocenters. The number of nitrogens with zero attached hydrogens (tertiary/aromatic N) is 4. The number of benzene rings is 2. The summed E-state index contributed by atoms with van der Waals surface area (Å²) in [6.45, 7) is 4.32. The van der Waals surface area contributed by atoms with Gasteiger partial charge in [-0.3, -0.25) is 0 Å². The number of ether oxygens (including phenoxy) is 1. The molecule has 3 heterocycles. The average molecular weight is 465 g/mol. The number of allylic oxidation sites excluding steroid dienone is 1. The first-order valence-corrected chi connectivity index (χ1v) is 11.3. The van der Waals surface area contributed by atoms with Gasteiger partial charge in [0.15, 0.2) is 5.84 Å². The summed E-state index contributed by atoms with van der Waals surface area (Å²) in [4.78, 5) is 11.9. The Labute approximate surface area is 197 Å². The summed E-state index contributed by atoms with van der Waals surface area (Å²) in [6, 6.07) is 8.56. The summed E-state index contributed by atoms with van der Waals surface area (Å²) in [6.07, 6.45) is 7.40. The fraction of sp³-hybridized carbons (Fsp3) is 0.308. The van der Waals surface area contributed by atoms with Crippen molar-refractivity contribution in [2.24, 2.45) is 5.16 Å². The molecule has 176 valence electrons. The van der Waals surface area contributed by atoms with Gasteiger partial charge in [-0.2, -0.15) is 0 Å². The van der Waals surface area contributed by atoms with E-state index < -0.39 is 11.6 Å². The van der Waals surface area contributed by atoms with Crippen molar-refractivity contribution in [1.29, 1.82) is 0 Å². The number of amidine groups is 1. The minimum absolute atomic E-state index is 0.0238. The number of imidazole rings is 1. The molecule has 0 N–H and O–H groups in total. The van der Waals surface area contributed by atoms with Gasteiger partial charge in [0, 0.05) is 18.3 Å². The lowest BCUT2D eigenvalue weighted by molar-refractivity contribution is 0.0614. The molecule has 2 aliphatic heterocycles. The highest BCUT2D eigenvalue weighted by atomic mass is 19.1. The molecule has 1 aromatic heterocycles. The van der Waals surface area contributed by atoms with Gasteiger partial charge in [-0.05, 0) is 73.7 Å². The third-order valence-corrected chi connectivity index (χ3v) is 6.44. The van der Waals surface area contributed by atoms with Gasteiger partial charge in [0.2, 0.25) is 0 Å². The van der Waals surface area contributed by atoms with E-state index in [2.05, 4.69) is 21.1 Å². The maximum absolute atomic E-state index is 14.3. The lowest BCUT2D eigenvalue weighted by Crippen LogP contribution is -2.39. The highest BCUT2D eigenvalue weighted by Gasteiger charge is 2.30. The quantitative estimate of drug-likeness (QED) is 0.523. The van der Waals surface area contributed by atoms with Gasteiger partial charge in [0.1, 0.15) is 24.0 Å². The number of rotatable bonds is 4. The second-order valence-corrected chi connectivity index (χ2v) is 8.65. The maximum atomic E-state index is 14.3. The topological polar surface area (TPSA) is 51.9 Å². The van der Waals surface area contributed by atoms with E-state index in [1.807, 2.05) is 35.9 Å². The van der Waals surface area contributed by atoms with Gasteiger partial charge in [-0.15, -0.1) is 0 Å². The number of hydrogen-bond donors (Lipinski definition) is 0. The summed E-state index contributed by atoms with van der Waals surface area (Å²) < 4.78 is 36.1. The van der Waals surface area contributed by atoms with Crippen molar-refractivity contribution >= 4 is 11.4 Å². The second-order valence-electron chi connectivity index (χ2n) is 8.65. The normalized spacial score (nSPS) is 17.9. The molecule has 3 aromatic rings. The molecule has 0 saturated heterocycles. The van der Waals surface area contributed by atoms with Crippen LogP contribution in [0.15, 0.2) is 54.1 Å². The van der Waals surface area contributed by atoms with E-state index in [1.165, 1.54) is 19.1 Å². The van der Waals surface area contributed by atoms with Crippen LogP contribution in [0.4, 0.5) is 8.78 Å². The number of methoxy groups -OCH3 is 1. The van der Waals surface area contributed by atoms with Crippen molar-refractivity contribution in [3.8, 4) is 11.4 Å². The first kappa shape index (κ1) is 22.1. The van der Waals surface area contributed by atoms with Crippen molar-refractivity contribution in [2.75, 3.05) is 20.3 Å². The van der Waals surface area contributed by atoms with Crippen LogP contribution < -0.4 is 4.74 Å². The lowest BCUT2D eigenvalue weighted by atomic mass is 10.0. The first-order chi connectivity index (χ1) is 16.4. The molecule has 0 spiro atoms. The van der Waals surface area contributed by atoms with E-state index in [4.69, 9.17) is 9.57 Å². The molecule has 34 heavy (non-hydrogen) atoms. The van der Waals surface area contributed by atoms with Crippen LogP contribution >= 0.6 is 0 Å². The number of oxime groups is 1. The largest absolute Gasteiger partial charge is 0.495 e. The predicted octanol–water partition coefficient (Wildman–Crippen LogP) is 5.34. The molecule has 0 bridgehead atoms. The van der Waals surface area contributed by atoms with Gasteiger partial charge < -0.3 is 19.0 Å². The van der Waals surface area contributed by atoms with Crippen molar-refractivity contribution < 1.29 is 18.4 Å². The van der Waals surface area contributed by atoms with Crippen molar-refractivity contribution in [1.82, 2.24) is 14.5 Å². The zero-order valence-corrected chi connectivity index (χ0v) is 19.4. The van der Waals surface area contributed by atoms with E-state index in [9.17, 15) is 8.78 Å². The first-order valence-electron chi connectivity index (χ1n) is 11.3. The number of fused-ring (bicyclic) bond motifs is 1. The number of halogens is 2. The number of hydrogen-bond acceptors (Lipinski definition) is 5. The molecule has 2 aliphatic rings. The smallest absolute Gasteiger partial charge is 0.169 e. The van der Waals surface area contributed by atoms with Crippen molar-refractivity contribution in [2.45, 2.75) is 32.7 Å². The molecule has 0 aliphatic carbocycles. The predicted molar refractivity (Wildman–Crippen MR) is 126 cm³/mol. The molecule has 1 atom stereocenters. The summed E-state index contributed by atoms with van der Waals surface area (Å²) in [5, 5.41) is 4.27. The lowest BCUT2D eigenvalue weighted by Gasteiger charge is -2.35. The summed E-state index contributed by atoms with van der Waals surface area (Å²) in [7, 11) is 1.65. The van der Waals surface area contributed by atoms with E-state index >= 15 is 0 Å². The SMILES string of the molecule is COc1cc(C2=CC3=NOCC(c4cc(F)c(C)c(F)c4)N3CCC2)ccc1-n1cnc(C)c1. The third-order valence-electron chi connectivity index (χ3n) is 6.44. The molecule has 0 amide bonds. The molecule has 0 saturated carbocycles. The van der Waals surface area contributed by atoms with E-state index in [-0.39, 0.29) is 18.2 Å². The monoisotopic (exact) mass is 464 g/mol. The van der Waals surface area contributed by atoms with Crippen LogP contribution in [0.3, 0.4) is 0 Å². The zero-order valence-electron chi connectivity index (χ0n) is 19.4. The van der Waals surface area contributed by atoms with Crippen molar-refractivity contribution in [3.63, 3.8) is 0 Å². The average Bonchev–Trinajstić information content (AvgIpc) is 3.15. The van der Waals surface area contributed by atoms with E-state index in [0.717, 1.165) is 41.1 Å². The van der Waals surface area contributed by atoms with Gasteiger partial charge >= 0.3 is 0 Å². The fourth-order valence-corrected chi connectivity index (χ4v) is 4.53. The van der Waals surface area contributed by atoms with Crippen LogP contribution in [-0.2, 0) is 4.84 Å². The molecule has 8 heteroatoms. The van der Waals surface area contributed by atoms with Crippen LogP contribution in [0, 0.1) is 25.5 Å². The van der Waals surface area contributed by atoms with Gasteiger partial charge in [0.05, 0.1) is 30.9 Å². The van der Waals surface area contributed by atoms with Crippen LogP contribution in [-0.4, -0.2) is 40.5 Å². The van der Waals surface area contributed by atoms with E-state index in [0.29, 0.717) is 17.9 Å². The molecular weight excluding hydrogens is 438 g/mol. The van der Waals surface area contributed by atoms with Gasteiger partial charge in [-0.25, -0.2) is 13.8 Å². The van der Waals surface area contributed by atoms with E-state index in [1.54, 1.807) is 13.4 Å². The summed E-state index contributed by atoms with van der Waals surface area (Å²) >= 11 is 0. The van der Waals surface area contributed by atoms with Crippen molar-refractivity contribution in [3.05, 3.63) is 83.0 Å².